The number of nitrogens with one attached hydrogen (secondary N) is 1. The smallest absolute Gasteiger partial charge is 0.323 e. The highest BCUT2D eigenvalue weighted by Gasteiger charge is 2.52. The summed E-state index contributed by atoms with van der Waals surface area (Å²) in [5, 5.41) is -2.06. The highest BCUT2D eigenvalue weighted by Crippen LogP contribution is 2.30. The van der Waals surface area contributed by atoms with E-state index in [1.54, 1.807) is 0 Å². The zero-order valence-corrected chi connectivity index (χ0v) is 15.2. The molecule has 0 bridgehead atoms. The quantitative estimate of drug-likeness (QED) is 0.298. The van der Waals surface area contributed by atoms with Crippen LogP contribution in [0.1, 0.15) is 57.8 Å². The minimum Gasteiger partial charge on any atom is -0.323 e. The van der Waals surface area contributed by atoms with Crippen molar-refractivity contribution in [2.45, 2.75) is 75.4 Å². The van der Waals surface area contributed by atoms with Crippen molar-refractivity contribution in [2.24, 2.45) is 0 Å². The molecule has 0 aromatic rings. The number of alkyl halides is 6. The molecule has 0 aromatic carbocycles. The summed E-state index contributed by atoms with van der Waals surface area (Å²) in [6.45, 7) is 0. The van der Waals surface area contributed by atoms with E-state index in [9.17, 15) is 34.8 Å². The van der Waals surface area contributed by atoms with Gasteiger partial charge in [-0.15, -0.1) is 0 Å². The molecule has 0 fully saturated rings. The molecule has 0 rings (SSSR count). The van der Waals surface area contributed by atoms with Crippen molar-refractivity contribution in [3.63, 3.8) is 0 Å². The average molecular weight is 403 g/mol. The molecule has 2 N–H and O–H groups in total. The number of halogens is 6. The van der Waals surface area contributed by atoms with E-state index in [4.69, 9.17) is 4.55 Å². The summed E-state index contributed by atoms with van der Waals surface area (Å²) >= 11 is 0. The Morgan fingerprint density at radius 3 is 1.60 bits per heavy atom. The number of hydrogen-bond donors (Lipinski definition) is 2. The summed E-state index contributed by atoms with van der Waals surface area (Å²) in [6, 6.07) is 0. The fourth-order valence-electron chi connectivity index (χ4n) is 1.86. The minimum atomic E-state index is -5.77. The van der Waals surface area contributed by atoms with Crippen LogP contribution in [-0.4, -0.2) is 44.7 Å². The van der Waals surface area contributed by atoms with Gasteiger partial charge in [-0.05, 0) is 26.9 Å². The summed E-state index contributed by atoms with van der Waals surface area (Å²) in [5.41, 5.74) is 0. The molecule has 0 heterocycles. The van der Waals surface area contributed by atoms with Crippen molar-refractivity contribution in [1.29, 1.82) is 0 Å². The van der Waals surface area contributed by atoms with Crippen molar-refractivity contribution < 1.29 is 39.3 Å². The van der Waals surface area contributed by atoms with Gasteiger partial charge in [-0.25, -0.2) is 4.39 Å². The Labute approximate surface area is 145 Å². The molecule has 0 aromatic heterocycles. The molecule has 154 valence electrons. The standard InChI is InChI=1S/C12H20F6O3S.C2H7N/c13-10(12(17,18)22(19,20)21)8-6-4-2-1-3-5-7-9-11(14,15)16;1-3-2/h10H,1-9H2,(H,19,20,21);3H,1-2H3. The third-order valence-corrected chi connectivity index (χ3v) is 4.07. The van der Waals surface area contributed by atoms with Crippen LogP contribution in [0.2, 0.25) is 0 Å². The van der Waals surface area contributed by atoms with E-state index in [2.05, 4.69) is 5.32 Å². The van der Waals surface area contributed by atoms with Gasteiger partial charge in [0.05, 0.1) is 0 Å². The van der Waals surface area contributed by atoms with Gasteiger partial charge in [-0.2, -0.15) is 30.4 Å². The van der Waals surface area contributed by atoms with E-state index in [1.807, 2.05) is 14.1 Å². The Balaban J connectivity index is 0. The summed E-state index contributed by atoms with van der Waals surface area (Å²) in [5.74, 6) is 0. The minimum absolute atomic E-state index is 0.00876. The summed E-state index contributed by atoms with van der Waals surface area (Å²) in [6.07, 6.45) is -6.15. The van der Waals surface area contributed by atoms with Crippen molar-refractivity contribution in [3.05, 3.63) is 0 Å². The molecule has 0 aliphatic rings. The maximum atomic E-state index is 13.1. The Kier molecular flexibility index (Phi) is 13.6. The first kappa shape index (κ1) is 26.7. The van der Waals surface area contributed by atoms with Crippen LogP contribution >= 0.6 is 0 Å². The summed E-state index contributed by atoms with van der Waals surface area (Å²) < 4.78 is 103. The van der Waals surface area contributed by atoms with Gasteiger partial charge in [-0.1, -0.05) is 38.5 Å². The molecule has 25 heavy (non-hydrogen) atoms. The second-order valence-corrected chi connectivity index (χ2v) is 7.13. The zero-order valence-electron chi connectivity index (χ0n) is 14.4. The van der Waals surface area contributed by atoms with Crippen molar-refractivity contribution in [3.8, 4) is 0 Å². The lowest BCUT2D eigenvalue weighted by Crippen LogP contribution is -2.38. The van der Waals surface area contributed by atoms with Gasteiger partial charge in [0.15, 0.2) is 6.17 Å². The topological polar surface area (TPSA) is 66.4 Å². The monoisotopic (exact) mass is 403 g/mol. The Morgan fingerprint density at radius 2 is 1.24 bits per heavy atom. The van der Waals surface area contributed by atoms with Crippen LogP contribution in [0, 0.1) is 0 Å². The fourth-order valence-corrected chi connectivity index (χ4v) is 2.30. The van der Waals surface area contributed by atoms with Crippen LogP contribution in [-0.2, 0) is 10.1 Å². The molecule has 0 saturated heterocycles. The predicted octanol–water partition coefficient (Wildman–Crippen LogP) is 4.71. The molecule has 0 spiro atoms. The average Bonchev–Trinajstić information content (AvgIpc) is 2.43. The van der Waals surface area contributed by atoms with Crippen LogP contribution in [0.15, 0.2) is 0 Å². The normalized spacial score (nSPS) is 14.0. The fraction of sp³-hybridized carbons (Fsp3) is 1.00. The summed E-state index contributed by atoms with van der Waals surface area (Å²) in [7, 11) is -2.02. The molecule has 1 atom stereocenters. The van der Waals surface area contributed by atoms with E-state index >= 15 is 0 Å². The number of unbranched alkanes of at least 4 members (excludes halogenated alkanes) is 6. The SMILES string of the molecule is CNC.O=S(=O)(O)C(F)(F)C(F)CCCCCCCCCC(F)(F)F. The molecule has 11 heteroatoms. The highest BCUT2D eigenvalue weighted by atomic mass is 32.2. The first-order chi connectivity index (χ1) is 11.3. The van der Waals surface area contributed by atoms with Crippen LogP contribution in [0.5, 0.6) is 0 Å². The van der Waals surface area contributed by atoms with E-state index in [0.717, 1.165) is 0 Å². The maximum Gasteiger partial charge on any atom is 0.400 e. The lowest BCUT2D eigenvalue weighted by atomic mass is 10.1. The molecule has 0 radical (unpaired) electrons. The van der Waals surface area contributed by atoms with E-state index in [-0.39, 0.29) is 12.8 Å². The first-order valence-corrected chi connectivity index (χ1v) is 9.37. The van der Waals surface area contributed by atoms with Crippen LogP contribution < -0.4 is 5.32 Å². The van der Waals surface area contributed by atoms with Crippen molar-refractivity contribution >= 4 is 10.1 Å². The van der Waals surface area contributed by atoms with E-state index < -0.39 is 40.6 Å². The molecular formula is C14H27F6NO3S. The Morgan fingerprint density at radius 1 is 0.880 bits per heavy atom. The van der Waals surface area contributed by atoms with Gasteiger partial charge in [0.25, 0.3) is 0 Å². The van der Waals surface area contributed by atoms with Gasteiger partial charge in [0.1, 0.15) is 0 Å². The molecule has 0 aliphatic heterocycles. The molecule has 4 nitrogen and oxygen atoms in total. The Bertz CT molecular complexity index is 429. The van der Waals surface area contributed by atoms with Gasteiger partial charge in [-0.3, -0.25) is 4.55 Å². The van der Waals surface area contributed by atoms with Gasteiger partial charge < -0.3 is 5.32 Å². The number of hydrogen-bond acceptors (Lipinski definition) is 3. The number of rotatable bonds is 11. The second-order valence-electron chi connectivity index (χ2n) is 5.63. The molecule has 0 amide bonds. The van der Waals surface area contributed by atoms with Gasteiger partial charge >= 0.3 is 21.5 Å². The predicted molar refractivity (Wildman–Crippen MR) is 84.0 cm³/mol. The van der Waals surface area contributed by atoms with Crippen LogP contribution in [0.25, 0.3) is 0 Å². The lowest BCUT2D eigenvalue weighted by Gasteiger charge is -2.17. The second kappa shape index (κ2) is 12.7. The van der Waals surface area contributed by atoms with E-state index in [1.165, 1.54) is 0 Å². The third kappa shape index (κ3) is 14.3. The third-order valence-electron chi connectivity index (χ3n) is 3.13. The van der Waals surface area contributed by atoms with Gasteiger partial charge in [0.2, 0.25) is 0 Å². The molecular weight excluding hydrogens is 376 g/mol. The van der Waals surface area contributed by atoms with Gasteiger partial charge in [0, 0.05) is 6.42 Å². The first-order valence-electron chi connectivity index (χ1n) is 7.93. The van der Waals surface area contributed by atoms with E-state index in [0.29, 0.717) is 32.1 Å². The maximum absolute atomic E-state index is 13.1. The molecule has 0 saturated carbocycles. The Hall–Kier alpha value is -0.550. The highest BCUT2D eigenvalue weighted by molar-refractivity contribution is 7.86. The van der Waals surface area contributed by atoms with Crippen LogP contribution in [0.3, 0.4) is 0 Å². The molecule has 1 unspecified atom stereocenters. The molecule has 0 aliphatic carbocycles. The van der Waals surface area contributed by atoms with Crippen molar-refractivity contribution in [1.82, 2.24) is 5.32 Å². The zero-order chi connectivity index (χ0) is 20.1. The summed E-state index contributed by atoms with van der Waals surface area (Å²) in [4.78, 5) is 0. The largest absolute Gasteiger partial charge is 0.400 e. The van der Waals surface area contributed by atoms with Crippen molar-refractivity contribution in [2.75, 3.05) is 14.1 Å². The lowest BCUT2D eigenvalue weighted by molar-refractivity contribution is -0.135. The van der Waals surface area contributed by atoms with Crippen LogP contribution in [0.4, 0.5) is 26.3 Å².